The topological polar surface area (TPSA) is 75.9 Å². The molecule has 0 aliphatic rings. The average Bonchev–Trinajstić information content (AvgIpc) is 2.15. The highest BCUT2D eigenvalue weighted by Gasteiger charge is 1.94. The predicted molar refractivity (Wildman–Crippen MR) is 48.6 cm³/mol. The molecule has 0 spiro atoms. The standard InChI is InChI=1S/C7H13N5/c1-2-4-9-6-3-5-10-7(11-6)12-8/h3,5H,2,4,8H2,1H3,(H2,9,10,11,12). The van der Waals surface area contributed by atoms with E-state index in [1.807, 2.05) is 0 Å². The molecule has 4 N–H and O–H groups in total. The lowest BCUT2D eigenvalue weighted by molar-refractivity contribution is 0.964. The van der Waals surface area contributed by atoms with E-state index in [9.17, 15) is 0 Å². The Hall–Kier alpha value is -1.36. The van der Waals surface area contributed by atoms with Gasteiger partial charge in [-0.3, -0.25) is 5.43 Å². The van der Waals surface area contributed by atoms with Crippen molar-refractivity contribution in [2.24, 2.45) is 5.84 Å². The fourth-order valence-electron chi connectivity index (χ4n) is 0.780. The molecule has 1 rings (SSSR count). The maximum atomic E-state index is 5.14. The monoisotopic (exact) mass is 167 g/mol. The summed E-state index contributed by atoms with van der Waals surface area (Å²) in [6, 6.07) is 1.80. The van der Waals surface area contributed by atoms with E-state index in [1.165, 1.54) is 0 Å². The maximum Gasteiger partial charge on any atom is 0.239 e. The number of nitrogen functional groups attached to an aromatic ring is 1. The lowest BCUT2D eigenvalue weighted by atomic mass is 10.4. The summed E-state index contributed by atoms with van der Waals surface area (Å²) in [5.74, 6) is 6.36. The van der Waals surface area contributed by atoms with Gasteiger partial charge in [-0.05, 0) is 12.5 Å². The van der Waals surface area contributed by atoms with Crippen LogP contribution in [0.3, 0.4) is 0 Å². The molecule has 0 amide bonds. The molecule has 1 aromatic heterocycles. The minimum absolute atomic E-state index is 0.427. The molecule has 1 heterocycles. The van der Waals surface area contributed by atoms with E-state index in [-0.39, 0.29) is 0 Å². The van der Waals surface area contributed by atoms with Crippen LogP contribution >= 0.6 is 0 Å². The normalized spacial score (nSPS) is 9.50. The quantitative estimate of drug-likeness (QED) is 0.452. The number of aromatic nitrogens is 2. The average molecular weight is 167 g/mol. The molecule has 12 heavy (non-hydrogen) atoms. The van der Waals surface area contributed by atoms with Crippen molar-refractivity contribution < 1.29 is 0 Å². The van der Waals surface area contributed by atoms with Gasteiger partial charge in [-0.25, -0.2) is 10.8 Å². The molecule has 0 aliphatic heterocycles. The summed E-state index contributed by atoms with van der Waals surface area (Å²) in [4.78, 5) is 7.95. The molecular weight excluding hydrogens is 154 g/mol. The largest absolute Gasteiger partial charge is 0.370 e. The van der Waals surface area contributed by atoms with Crippen molar-refractivity contribution in [2.45, 2.75) is 13.3 Å². The van der Waals surface area contributed by atoms with Crippen LogP contribution in [0.4, 0.5) is 11.8 Å². The Morgan fingerprint density at radius 1 is 1.58 bits per heavy atom. The lowest BCUT2D eigenvalue weighted by Crippen LogP contribution is -2.11. The number of rotatable bonds is 4. The second kappa shape index (κ2) is 4.50. The van der Waals surface area contributed by atoms with E-state index in [0.717, 1.165) is 18.8 Å². The number of nitrogens with two attached hydrogens (primary N) is 1. The third-order valence-electron chi connectivity index (χ3n) is 1.34. The van der Waals surface area contributed by atoms with Crippen molar-refractivity contribution in [3.8, 4) is 0 Å². The van der Waals surface area contributed by atoms with Gasteiger partial charge in [-0.15, -0.1) is 0 Å². The van der Waals surface area contributed by atoms with E-state index in [2.05, 4.69) is 27.6 Å². The molecule has 0 radical (unpaired) electrons. The smallest absolute Gasteiger partial charge is 0.239 e. The molecule has 0 atom stereocenters. The van der Waals surface area contributed by atoms with Gasteiger partial charge in [0.1, 0.15) is 5.82 Å². The molecule has 0 fully saturated rings. The van der Waals surface area contributed by atoms with Crippen LogP contribution in [0.25, 0.3) is 0 Å². The summed E-state index contributed by atoms with van der Waals surface area (Å²) in [7, 11) is 0. The first-order valence-corrected chi connectivity index (χ1v) is 3.90. The third kappa shape index (κ3) is 2.35. The molecule has 0 unspecified atom stereocenters. The summed E-state index contributed by atoms with van der Waals surface area (Å²) in [6.07, 6.45) is 2.72. The van der Waals surface area contributed by atoms with Crippen LogP contribution < -0.4 is 16.6 Å². The first kappa shape index (κ1) is 8.73. The highest BCUT2D eigenvalue weighted by Crippen LogP contribution is 2.03. The third-order valence-corrected chi connectivity index (χ3v) is 1.34. The predicted octanol–water partition coefficient (Wildman–Crippen LogP) is 0.584. The molecule has 0 saturated heterocycles. The lowest BCUT2D eigenvalue weighted by Gasteiger charge is -2.03. The van der Waals surface area contributed by atoms with Gasteiger partial charge in [-0.1, -0.05) is 6.92 Å². The van der Waals surface area contributed by atoms with Crippen LogP contribution in [-0.4, -0.2) is 16.5 Å². The van der Waals surface area contributed by atoms with Gasteiger partial charge in [0.25, 0.3) is 0 Å². The fraction of sp³-hybridized carbons (Fsp3) is 0.429. The highest BCUT2D eigenvalue weighted by molar-refractivity contribution is 5.38. The first-order chi connectivity index (χ1) is 5.86. The van der Waals surface area contributed by atoms with Gasteiger partial charge in [0.2, 0.25) is 5.95 Å². The Morgan fingerprint density at radius 3 is 3.08 bits per heavy atom. The number of nitrogens with zero attached hydrogens (tertiary/aromatic N) is 2. The molecule has 0 aliphatic carbocycles. The summed E-state index contributed by atoms with van der Waals surface area (Å²) in [6.45, 7) is 3.00. The fourth-order valence-corrected chi connectivity index (χ4v) is 0.780. The van der Waals surface area contributed by atoms with Crippen molar-refractivity contribution in [2.75, 3.05) is 17.3 Å². The summed E-state index contributed by atoms with van der Waals surface area (Å²) < 4.78 is 0. The highest BCUT2D eigenvalue weighted by atomic mass is 15.3. The molecule has 5 nitrogen and oxygen atoms in total. The Bertz CT molecular complexity index is 237. The van der Waals surface area contributed by atoms with Crippen LogP contribution in [0, 0.1) is 0 Å². The van der Waals surface area contributed by atoms with Crippen molar-refractivity contribution in [3.63, 3.8) is 0 Å². The van der Waals surface area contributed by atoms with E-state index in [0.29, 0.717) is 5.95 Å². The number of hydrazine groups is 1. The van der Waals surface area contributed by atoms with Crippen molar-refractivity contribution in [1.29, 1.82) is 0 Å². The maximum absolute atomic E-state index is 5.14. The summed E-state index contributed by atoms with van der Waals surface area (Å²) in [5, 5.41) is 3.12. The van der Waals surface area contributed by atoms with E-state index in [1.54, 1.807) is 12.3 Å². The number of hydrogen-bond donors (Lipinski definition) is 3. The molecular formula is C7H13N5. The number of anilines is 2. The zero-order valence-electron chi connectivity index (χ0n) is 7.04. The van der Waals surface area contributed by atoms with Crippen molar-refractivity contribution in [3.05, 3.63) is 12.3 Å². The van der Waals surface area contributed by atoms with Crippen LogP contribution in [0.1, 0.15) is 13.3 Å². The van der Waals surface area contributed by atoms with Gasteiger partial charge < -0.3 is 5.32 Å². The molecule has 0 aromatic carbocycles. The van der Waals surface area contributed by atoms with Gasteiger partial charge in [0, 0.05) is 12.7 Å². The minimum atomic E-state index is 0.427. The Labute approximate surface area is 71.4 Å². The Kier molecular flexibility index (Phi) is 3.28. The van der Waals surface area contributed by atoms with E-state index in [4.69, 9.17) is 5.84 Å². The van der Waals surface area contributed by atoms with Gasteiger partial charge in [-0.2, -0.15) is 4.98 Å². The zero-order valence-corrected chi connectivity index (χ0v) is 7.04. The number of hydrogen-bond acceptors (Lipinski definition) is 5. The van der Waals surface area contributed by atoms with Crippen molar-refractivity contribution >= 4 is 11.8 Å². The van der Waals surface area contributed by atoms with E-state index >= 15 is 0 Å². The van der Waals surface area contributed by atoms with Gasteiger partial charge in [0.05, 0.1) is 0 Å². The van der Waals surface area contributed by atoms with Crippen LogP contribution in [0.5, 0.6) is 0 Å². The molecule has 5 heteroatoms. The molecule has 66 valence electrons. The summed E-state index contributed by atoms with van der Waals surface area (Å²) >= 11 is 0. The first-order valence-electron chi connectivity index (χ1n) is 3.90. The number of nitrogens with one attached hydrogen (secondary N) is 2. The van der Waals surface area contributed by atoms with Crippen LogP contribution in [0.15, 0.2) is 12.3 Å². The van der Waals surface area contributed by atoms with E-state index < -0.39 is 0 Å². The summed E-state index contributed by atoms with van der Waals surface area (Å²) in [5.41, 5.74) is 2.38. The second-order valence-corrected chi connectivity index (χ2v) is 2.34. The second-order valence-electron chi connectivity index (χ2n) is 2.34. The van der Waals surface area contributed by atoms with Crippen LogP contribution in [0.2, 0.25) is 0 Å². The van der Waals surface area contributed by atoms with Gasteiger partial charge >= 0.3 is 0 Å². The van der Waals surface area contributed by atoms with Crippen LogP contribution in [-0.2, 0) is 0 Å². The SMILES string of the molecule is CCCNc1ccnc(NN)n1. The minimum Gasteiger partial charge on any atom is -0.370 e. The Morgan fingerprint density at radius 2 is 2.42 bits per heavy atom. The Balaban J connectivity index is 2.60. The van der Waals surface area contributed by atoms with Gasteiger partial charge in [0.15, 0.2) is 0 Å². The molecule has 0 bridgehead atoms. The zero-order chi connectivity index (χ0) is 8.81. The molecule has 1 aromatic rings. The molecule has 0 saturated carbocycles. The van der Waals surface area contributed by atoms with Crippen molar-refractivity contribution in [1.82, 2.24) is 9.97 Å².